The van der Waals surface area contributed by atoms with Gasteiger partial charge in [-0.25, -0.2) is 4.98 Å². The molecule has 2 aromatic heterocycles. The highest BCUT2D eigenvalue weighted by Crippen LogP contribution is 2.40. The van der Waals surface area contributed by atoms with E-state index in [1.54, 1.807) is 20.0 Å². The lowest BCUT2D eigenvalue weighted by Gasteiger charge is -2.30. The fourth-order valence-corrected chi connectivity index (χ4v) is 4.70. The number of carbonyl (C=O) groups excluding carboxylic acids is 1. The molecule has 1 saturated heterocycles. The Morgan fingerprint density at radius 1 is 1.40 bits per heavy atom. The number of ether oxygens (including phenoxy) is 1. The summed E-state index contributed by atoms with van der Waals surface area (Å²) in [6, 6.07) is -0.744. The zero-order valence-electron chi connectivity index (χ0n) is 17.5. The Labute approximate surface area is 174 Å². The van der Waals surface area contributed by atoms with Crippen molar-refractivity contribution in [2.24, 2.45) is 0 Å². The van der Waals surface area contributed by atoms with Gasteiger partial charge in [0.1, 0.15) is 5.65 Å². The summed E-state index contributed by atoms with van der Waals surface area (Å²) >= 11 is 0. The van der Waals surface area contributed by atoms with Gasteiger partial charge in [0.15, 0.2) is 5.78 Å². The summed E-state index contributed by atoms with van der Waals surface area (Å²) in [5.74, 6) is -0.0347. The number of hydrogen-bond donors (Lipinski definition) is 3. The van der Waals surface area contributed by atoms with Crippen LogP contribution in [0.2, 0.25) is 0 Å². The van der Waals surface area contributed by atoms with E-state index in [1.807, 2.05) is 0 Å². The van der Waals surface area contributed by atoms with Crippen LogP contribution in [0, 0.1) is 6.92 Å². The third-order valence-electron chi connectivity index (χ3n) is 6.39. The van der Waals surface area contributed by atoms with Gasteiger partial charge in [0.05, 0.1) is 36.0 Å². The first-order chi connectivity index (χ1) is 14.2. The fraction of sp³-hybridized carbons (Fsp3) is 0.619. The number of nitrogens with one attached hydrogen (secondary N) is 1. The van der Waals surface area contributed by atoms with Gasteiger partial charge in [-0.15, -0.1) is 0 Å². The van der Waals surface area contributed by atoms with E-state index >= 15 is 0 Å². The zero-order valence-corrected chi connectivity index (χ0v) is 17.5. The lowest BCUT2D eigenvalue weighted by atomic mass is 9.98. The van der Waals surface area contributed by atoms with E-state index in [2.05, 4.69) is 15.3 Å². The topological polar surface area (TPSA) is 127 Å². The van der Waals surface area contributed by atoms with Gasteiger partial charge in [0.2, 0.25) is 5.95 Å². The van der Waals surface area contributed by atoms with Gasteiger partial charge in [-0.2, -0.15) is 4.98 Å². The second kappa shape index (κ2) is 7.72. The highest BCUT2D eigenvalue weighted by Gasteiger charge is 2.40. The molecule has 0 spiro atoms. The molecule has 1 aliphatic carbocycles. The molecule has 2 fully saturated rings. The molecular formula is C21H28N4O5. The number of rotatable bonds is 4. The average molecular weight is 416 g/mol. The Bertz CT molecular complexity index is 1050. The van der Waals surface area contributed by atoms with Gasteiger partial charge < -0.3 is 20.3 Å². The van der Waals surface area contributed by atoms with Crippen LogP contribution in [0.5, 0.6) is 0 Å². The molecule has 4 atom stereocenters. The molecule has 9 nitrogen and oxygen atoms in total. The number of Topliss-reactive ketones (excluding diaryl/α,β-unsaturated/α-hetero) is 1. The van der Waals surface area contributed by atoms with Gasteiger partial charge in [-0.3, -0.25) is 14.2 Å². The number of hydrogen-bond acceptors (Lipinski definition) is 8. The number of carbonyl (C=O) groups is 1. The summed E-state index contributed by atoms with van der Waals surface area (Å²) in [6.07, 6.45) is 3.48. The van der Waals surface area contributed by atoms with Gasteiger partial charge in [0.25, 0.3) is 5.56 Å². The average Bonchev–Trinajstić information content (AvgIpc) is 3.02. The third-order valence-corrected chi connectivity index (χ3v) is 6.39. The second-order valence-electron chi connectivity index (χ2n) is 8.61. The van der Waals surface area contributed by atoms with E-state index in [9.17, 15) is 19.8 Å². The SMILES string of the molecule is CC(=O)c1c(C)c2cnc(N[C@@H]3CCOC[C@H]3O)nc2n([C@H]2CCC[C@]2(C)O)c1=O. The maximum absolute atomic E-state index is 13.4. The molecule has 0 bridgehead atoms. The first kappa shape index (κ1) is 20.9. The van der Waals surface area contributed by atoms with E-state index in [-0.39, 0.29) is 29.9 Å². The molecule has 0 radical (unpaired) electrons. The summed E-state index contributed by atoms with van der Waals surface area (Å²) in [5.41, 5.74) is -0.484. The zero-order chi connectivity index (χ0) is 21.6. The van der Waals surface area contributed by atoms with Crippen LogP contribution in [0.4, 0.5) is 5.95 Å². The van der Waals surface area contributed by atoms with Crippen LogP contribution in [-0.2, 0) is 4.74 Å². The summed E-state index contributed by atoms with van der Waals surface area (Å²) in [5, 5.41) is 24.8. The number of aromatic nitrogens is 3. The fourth-order valence-electron chi connectivity index (χ4n) is 4.70. The van der Waals surface area contributed by atoms with Crippen LogP contribution in [0.1, 0.15) is 61.5 Å². The van der Waals surface area contributed by atoms with Crippen LogP contribution < -0.4 is 10.9 Å². The monoisotopic (exact) mass is 416 g/mol. The van der Waals surface area contributed by atoms with Crippen LogP contribution >= 0.6 is 0 Å². The molecule has 0 aromatic carbocycles. The number of fused-ring (bicyclic) bond motifs is 1. The number of aliphatic hydroxyl groups excluding tert-OH is 1. The van der Waals surface area contributed by atoms with Crippen molar-refractivity contribution in [3.05, 3.63) is 27.7 Å². The Hall–Kier alpha value is -2.36. The van der Waals surface area contributed by atoms with Crippen LogP contribution in [0.15, 0.2) is 11.0 Å². The molecule has 2 aromatic rings. The van der Waals surface area contributed by atoms with Gasteiger partial charge in [-0.1, -0.05) is 0 Å². The molecule has 0 amide bonds. The summed E-state index contributed by atoms with van der Waals surface area (Å²) < 4.78 is 6.73. The van der Waals surface area contributed by atoms with Crippen molar-refractivity contribution in [1.29, 1.82) is 0 Å². The van der Waals surface area contributed by atoms with Crippen molar-refractivity contribution in [3.8, 4) is 0 Å². The minimum absolute atomic E-state index is 0.106. The van der Waals surface area contributed by atoms with Gasteiger partial charge in [0, 0.05) is 18.2 Å². The highest BCUT2D eigenvalue weighted by atomic mass is 16.5. The van der Waals surface area contributed by atoms with E-state index in [4.69, 9.17) is 4.74 Å². The minimum atomic E-state index is -1.07. The summed E-state index contributed by atoms with van der Waals surface area (Å²) in [4.78, 5) is 34.6. The molecule has 3 N–H and O–H groups in total. The molecule has 3 heterocycles. The number of aliphatic hydroxyl groups is 2. The summed E-state index contributed by atoms with van der Waals surface area (Å²) in [7, 11) is 0. The number of aryl methyl sites for hydroxylation is 1. The molecule has 2 aliphatic rings. The van der Waals surface area contributed by atoms with Gasteiger partial charge in [-0.05, 0) is 52.0 Å². The standard InChI is InChI=1S/C21H28N4O5/c1-11-13-9-22-20(23-14-6-8-30-10-15(14)27)24-18(13)25(19(28)17(11)12(2)26)16-5-4-7-21(16,3)29/h9,14-16,27,29H,4-8,10H2,1-3H3,(H,22,23,24)/t14-,15-,16+,21+/m1/s1. The molecule has 9 heteroatoms. The third kappa shape index (κ3) is 3.51. The Balaban J connectivity index is 1.89. The largest absolute Gasteiger partial charge is 0.389 e. The lowest BCUT2D eigenvalue weighted by Crippen LogP contribution is -2.42. The predicted molar refractivity (Wildman–Crippen MR) is 111 cm³/mol. The molecule has 30 heavy (non-hydrogen) atoms. The van der Waals surface area contributed by atoms with Crippen molar-refractivity contribution in [2.75, 3.05) is 18.5 Å². The quantitative estimate of drug-likeness (QED) is 0.638. The summed E-state index contributed by atoms with van der Waals surface area (Å²) in [6.45, 7) is 5.57. The van der Waals surface area contributed by atoms with E-state index in [0.717, 1.165) is 6.42 Å². The number of ketones is 1. The maximum Gasteiger partial charge on any atom is 0.263 e. The van der Waals surface area contributed by atoms with Crippen molar-refractivity contribution in [2.45, 2.75) is 70.2 Å². The van der Waals surface area contributed by atoms with Crippen LogP contribution in [-0.4, -0.2) is 61.5 Å². The number of pyridine rings is 1. The minimum Gasteiger partial charge on any atom is -0.389 e. The Morgan fingerprint density at radius 2 is 2.17 bits per heavy atom. The van der Waals surface area contributed by atoms with Crippen LogP contribution in [0.3, 0.4) is 0 Å². The van der Waals surface area contributed by atoms with Crippen molar-refractivity contribution in [1.82, 2.24) is 14.5 Å². The Kier molecular flexibility index (Phi) is 5.37. The van der Waals surface area contributed by atoms with E-state index < -0.39 is 23.3 Å². The number of nitrogens with zero attached hydrogens (tertiary/aromatic N) is 3. The molecule has 0 unspecified atom stereocenters. The molecule has 1 saturated carbocycles. The van der Waals surface area contributed by atoms with E-state index in [1.165, 1.54) is 11.5 Å². The van der Waals surface area contributed by atoms with Crippen LogP contribution in [0.25, 0.3) is 11.0 Å². The predicted octanol–water partition coefficient (Wildman–Crippen LogP) is 1.34. The maximum atomic E-state index is 13.4. The molecule has 162 valence electrons. The van der Waals surface area contributed by atoms with Gasteiger partial charge >= 0.3 is 0 Å². The van der Waals surface area contributed by atoms with Crippen molar-refractivity contribution < 1.29 is 19.7 Å². The molecule has 4 rings (SSSR count). The first-order valence-corrected chi connectivity index (χ1v) is 10.4. The number of anilines is 1. The van der Waals surface area contributed by atoms with Crippen molar-refractivity contribution >= 4 is 22.8 Å². The lowest BCUT2D eigenvalue weighted by molar-refractivity contribution is -0.0136. The second-order valence-corrected chi connectivity index (χ2v) is 8.61. The molecule has 1 aliphatic heterocycles. The van der Waals surface area contributed by atoms with E-state index in [0.29, 0.717) is 42.5 Å². The molecular weight excluding hydrogens is 388 g/mol. The Morgan fingerprint density at radius 3 is 2.80 bits per heavy atom. The normalized spacial score (nSPS) is 29.3. The highest BCUT2D eigenvalue weighted by molar-refractivity contribution is 5.99. The smallest absolute Gasteiger partial charge is 0.263 e. The first-order valence-electron chi connectivity index (χ1n) is 10.4. The van der Waals surface area contributed by atoms with Crippen molar-refractivity contribution in [3.63, 3.8) is 0 Å².